The molecule has 0 fully saturated rings. The first kappa shape index (κ1) is 14.3. The van der Waals surface area contributed by atoms with Crippen molar-refractivity contribution in [3.05, 3.63) is 67.1 Å². The molecule has 21 heavy (non-hydrogen) atoms. The van der Waals surface area contributed by atoms with Crippen LogP contribution in [0.2, 0.25) is 0 Å². The molecule has 0 aliphatic rings. The quantitative estimate of drug-likeness (QED) is 0.364. The van der Waals surface area contributed by atoms with Crippen molar-refractivity contribution in [2.24, 2.45) is 10.9 Å². The molecule has 0 bridgehead atoms. The zero-order valence-electron chi connectivity index (χ0n) is 11.6. The van der Waals surface area contributed by atoms with Gasteiger partial charge in [-0.2, -0.15) is 5.10 Å². The van der Waals surface area contributed by atoms with Gasteiger partial charge >= 0.3 is 0 Å². The van der Waals surface area contributed by atoms with Gasteiger partial charge in [-0.3, -0.25) is 10.0 Å². The molecule has 2 rings (SSSR count). The van der Waals surface area contributed by atoms with E-state index in [9.17, 15) is 0 Å². The van der Waals surface area contributed by atoms with Gasteiger partial charge in [0.2, 0.25) is 0 Å². The second-order valence-corrected chi connectivity index (χ2v) is 4.01. The van der Waals surface area contributed by atoms with Gasteiger partial charge in [0.25, 0.3) is 0 Å². The summed E-state index contributed by atoms with van der Waals surface area (Å²) in [7, 11) is 0. The van der Waals surface area contributed by atoms with Gasteiger partial charge < -0.3 is 5.73 Å². The predicted octanol–water partition coefficient (Wildman–Crippen LogP) is 1.50. The van der Waals surface area contributed by atoms with Crippen molar-refractivity contribution in [2.45, 2.75) is 6.92 Å². The van der Waals surface area contributed by atoms with E-state index in [1.54, 1.807) is 24.5 Å². The normalized spacial score (nSPS) is 12.8. The maximum atomic E-state index is 5.84. The van der Waals surface area contributed by atoms with Crippen molar-refractivity contribution in [1.82, 2.24) is 19.9 Å². The summed E-state index contributed by atoms with van der Waals surface area (Å²) < 4.78 is 1.33. The Bertz CT molecular complexity index is 678. The van der Waals surface area contributed by atoms with E-state index in [-0.39, 0.29) is 5.84 Å². The molecule has 0 radical (unpaired) electrons. The van der Waals surface area contributed by atoms with E-state index in [1.165, 1.54) is 11.1 Å². The topological polar surface area (TPSA) is 94.1 Å². The molecule has 0 aliphatic carbocycles. The van der Waals surface area contributed by atoms with Crippen LogP contribution in [0.3, 0.4) is 0 Å². The lowest BCUT2D eigenvalue weighted by Crippen LogP contribution is -2.17. The summed E-state index contributed by atoms with van der Waals surface area (Å²) in [6.45, 7) is 5.61. The Morgan fingerprint density at radius 2 is 2.43 bits per heavy atom. The molecule has 0 aliphatic heterocycles. The maximum Gasteiger partial charge on any atom is 0.191 e. The number of H-pyrrole nitrogens is 1. The van der Waals surface area contributed by atoms with Crippen LogP contribution in [0.4, 0.5) is 0 Å². The van der Waals surface area contributed by atoms with E-state index in [2.05, 4.69) is 26.9 Å². The molecule has 0 amide bonds. The summed E-state index contributed by atoms with van der Waals surface area (Å²) in [6.07, 6.45) is 12.0. The molecule has 7 heteroatoms. The Kier molecular flexibility index (Phi) is 4.70. The van der Waals surface area contributed by atoms with Gasteiger partial charge in [-0.15, -0.1) is 4.73 Å². The third kappa shape index (κ3) is 3.69. The molecule has 0 unspecified atom stereocenters. The molecular weight excluding hydrogens is 268 g/mol. The fraction of sp³-hybridized carbons (Fsp3) is 0.0714. The van der Waals surface area contributed by atoms with Crippen molar-refractivity contribution < 1.29 is 4.94 Å². The predicted molar refractivity (Wildman–Crippen MR) is 81.1 cm³/mol. The number of allylic oxidation sites excluding steroid dienone is 5. The highest BCUT2D eigenvalue weighted by Crippen LogP contribution is 2.14. The molecule has 108 valence electrons. The SMILES string of the molecule is C=C/C=C(\C=C/C)c1cc(/C(N)=N/On2ccnc2)[nH]n1. The highest BCUT2D eigenvalue weighted by molar-refractivity contribution is 5.96. The lowest BCUT2D eigenvalue weighted by atomic mass is 10.1. The first-order valence-electron chi connectivity index (χ1n) is 6.25. The highest BCUT2D eigenvalue weighted by Gasteiger charge is 2.07. The van der Waals surface area contributed by atoms with E-state index in [1.807, 2.05) is 25.2 Å². The van der Waals surface area contributed by atoms with Crippen LogP contribution in [-0.4, -0.2) is 25.7 Å². The minimum absolute atomic E-state index is 0.181. The van der Waals surface area contributed by atoms with Crippen LogP contribution in [0.15, 0.2) is 60.8 Å². The number of nitrogens with zero attached hydrogens (tertiary/aromatic N) is 4. The average molecular weight is 284 g/mol. The standard InChI is InChI=1S/C14H16N6O/c1-3-5-11(6-4-2)12-9-13(18-17-12)14(15)19-21-20-8-7-16-10-20/h3-10H,1H2,2H3,(H2,15,19)(H,17,18)/b6-4-,11-5+. The third-order valence-electron chi connectivity index (χ3n) is 2.51. The van der Waals surface area contributed by atoms with Gasteiger partial charge in [0.15, 0.2) is 5.84 Å². The van der Waals surface area contributed by atoms with E-state index >= 15 is 0 Å². The van der Waals surface area contributed by atoms with Crippen LogP contribution >= 0.6 is 0 Å². The molecular formula is C14H16N6O. The van der Waals surface area contributed by atoms with E-state index in [4.69, 9.17) is 10.7 Å². The van der Waals surface area contributed by atoms with Crippen LogP contribution < -0.4 is 10.7 Å². The number of oxime groups is 1. The Morgan fingerprint density at radius 1 is 1.57 bits per heavy atom. The molecule has 0 spiro atoms. The van der Waals surface area contributed by atoms with E-state index < -0.39 is 0 Å². The number of amidine groups is 1. The molecule has 2 aromatic heterocycles. The van der Waals surface area contributed by atoms with Crippen LogP contribution in [0.25, 0.3) is 5.57 Å². The van der Waals surface area contributed by atoms with E-state index in [0.29, 0.717) is 5.69 Å². The van der Waals surface area contributed by atoms with Gasteiger partial charge in [0.05, 0.1) is 11.9 Å². The number of hydrogen-bond acceptors (Lipinski definition) is 4. The minimum atomic E-state index is 0.181. The minimum Gasteiger partial charge on any atom is -0.379 e. The number of nitrogens with one attached hydrogen (secondary N) is 1. The van der Waals surface area contributed by atoms with E-state index in [0.717, 1.165) is 11.3 Å². The summed E-state index contributed by atoms with van der Waals surface area (Å²) in [5.41, 5.74) is 8.05. The Hall–Kier alpha value is -3.09. The Morgan fingerprint density at radius 3 is 3.10 bits per heavy atom. The van der Waals surface area contributed by atoms with Crippen LogP contribution in [0.5, 0.6) is 0 Å². The molecule has 0 saturated carbocycles. The van der Waals surface area contributed by atoms with Crippen molar-refractivity contribution in [3.63, 3.8) is 0 Å². The molecule has 0 atom stereocenters. The van der Waals surface area contributed by atoms with Crippen molar-refractivity contribution in [3.8, 4) is 0 Å². The fourth-order valence-corrected chi connectivity index (χ4v) is 1.57. The van der Waals surface area contributed by atoms with Crippen molar-refractivity contribution >= 4 is 11.4 Å². The van der Waals surface area contributed by atoms with Crippen molar-refractivity contribution in [1.29, 1.82) is 0 Å². The number of imidazole rings is 1. The second-order valence-electron chi connectivity index (χ2n) is 4.01. The van der Waals surface area contributed by atoms with Gasteiger partial charge in [0.1, 0.15) is 12.0 Å². The first-order valence-corrected chi connectivity index (χ1v) is 6.25. The highest BCUT2D eigenvalue weighted by atomic mass is 16.8. The summed E-state index contributed by atoms with van der Waals surface area (Å²) in [6, 6.07) is 1.78. The molecule has 2 heterocycles. The Balaban J connectivity index is 2.16. The smallest absolute Gasteiger partial charge is 0.191 e. The fourth-order valence-electron chi connectivity index (χ4n) is 1.57. The molecule has 0 saturated heterocycles. The second kappa shape index (κ2) is 6.90. The first-order chi connectivity index (χ1) is 10.2. The van der Waals surface area contributed by atoms with Crippen LogP contribution in [-0.2, 0) is 0 Å². The largest absolute Gasteiger partial charge is 0.379 e. The average Bonchev–Trinajstić information content (AvgIpc) is 3.16. The Labute approximate surface area is 122 Å². The molecule has 0 aromatic carbocycles. The summed E-state index contributed by atoms with van der Waals surface area (Å²) in [4.78, 5) is 8.88. The third-order valence-corrected chi connectivity index (χ3v) is 2.51. The van der Waals surface area contributed by atoms with Crippen LogP contribution in [0, 0.1) is 0 Å². The van der Waals surface area contributed by atoms with Crippen molar-refractivity contribution in [2.75, 3.05) is 0 Å². The summed E-state index contributed by atoms with van der Waals surface area (Å²) >= 11 is 0. The number of rotatable bonds is 6. The van der Waals surface area contributed by atoms with Crippen LogP contribution in [0.1, 0.15) is 18.3 Å². The molecule has 7 nitrogen and oxygen atoms in total. The molecule has 3 N–H and O–H groups in total. The zero-order chi connectivity index (χ0) is 15.1. The monoisotopic (exact) mass is 284 g/mol. The van der Waals surface area contributed by atoms with Gasteiger partial charge in [-0.05, 0) is 18.1 Å². The van der Waals surface area contributed by atoms with Gasteiger partial charge in [0, 0.05) is 11.8 Å². The number of aromatic nitrogens is 4. The lowest BCUT2D eigenvalue weighted by Gasteiger charge is -1.98. The summed E-state index contributed by atoms with van der Waals surface area (Å²) in [5, 5.41) is 10.8. The van der Waals surface area contributed by atoms with Gasteiger partial charge in [-0.25, -0.2) is 4.98 Å². The number of hydrogen-bond donors (Lipinski definition) is 2. The summed E-state index contributed by atoms with van der Waals surface area (Å²) in [5.74, 6) is 0.181. The number of nitrogens with two attached hydrogens (primary N) is 1. The number of aromatic amines is 1. The van der Waals surface area contributed by atoms with Gasteiger partial charge in [-0.1, -0.05) is 30.9 Å². The molecule has 2 aromatic rings. The maximum absolute atomic E-state index is 5.84. The lowest BCUT2D eigenvalue weighted by molar-refractivity contribution is 0.118. The zero-order valence-corrected chi connectivity index (χ0v) is 11.6.